The second kappa shape index (κ2) is 5.37. The van der Waals surface area contributed by atoms with Crippen molar-refractivity contribution in [2.75, 3.05) is 5.32 Å². The van der Waals surface area contributed by atoms with Gasteiger partial charge >= 0.3 is 0 Å². The number of furan rings is 1. The molecular formula is C11H6Br3NO2. The van der Waals surface area contributed by atoms with Crippen molar-refractivity contribution < 1.29 is 9.21 Å². The monoisotopic (exact) mass is 421 g/mol. The molecule has 0 bridgehead atoms. The summed E-state index contributed by atoms with van der Waals surface area (Å²) in [4.78, 5) is 11.8. The van der Waals surface area contributed by atoms with Crippen LogP contribution in [0, 0.1) is 0 Å². The van der Waals surface area contributed by atoms with E-state index >= 15 is 0 Å². The van der Waals surface area contributed by atoms with Crippen LogP contribution in [0.25, 0.3) is 0 Å². The summed E-state index contributed by atoms with van der Waals surface area (Å²) in [5.74, 6) is -0.0227. The van der Waals surface area contributed by atoms with Gasteiger partial charge in [-0.2, -0.15) is 0 Å². The maximum atomic E-state index is 11.8. The molecule has 0 unspecified atom stereocenters. The van der Waals surface area contributed by atoms with E-state index in [1.807, 2.05) is 12.1 Å². The molecule has 0 aliphatic heterocycles. The molecule has 1 N–H and O–H groups in total. The molecular weight excluding hydrogens is 418 g/mol. The number of amides is 1. The fourth-order valence-electron chi connectivity index (χ4n) is 1.24. The Kier molecular flexibility index (Phi) is 4.06. The van der Waals surface area contributed by atoms with Gasteiger partial charge in [-0.15, -0.1) is 0 Å². The Labute approximate surface area is 123 Å². The summed E-state index contributed by atoms with van der Waals surface area (Å²) in [7, 11) is 0. The highest BCUT2D eigenvalue weighted by Crippen LogP contribution is 2.34. The van der Waals surface area contributed by atoms with Gasteiger partial charge in [-0.25, -0.2) is 0 Å². The Hall–Kier alpha value is -0.590. The van der Waals surface area contributed by atoms with E-state index < -0.39 is 0 Å². The van der Waals surface area contributed by atoms with Crippen molar-refractivity contribution in [1.29, 1.82) is 0 Å². The minimum atomic E-state index is -0.293. The van der Waals surface area contributed by atoms with Crippen LogP contribution in [0.15, 0.2) is 48.4 Å². The molecule has 0 saturated heterocycles. The van der Waals surface area contributed by atoms with E-state index in [2.05, 4.69) is 53.1 Å². The fraction of sp³-hybridized carbons (Fsp3) is 0. The lowest BCUT2D eigenvalue weighted by molar-refractivity contribution is 0.0996. The van der Waals surface area contributed by atoms with Gasteiger partial charge in [-0.1, -0.05) is 15.9 Å². The molecule has 0 fully saturated rings. The van der Waals surface area contributed by atoms with Gasteiger partial charge in [0.1, 0.15) is 0 Å². The lowest BCUT2D eigenvalue weighted by atomic mass is 10.3. The van der Waals surface area contributed by atoms with E-state index in [9.17, 15) is 4.79 Å². The number of carbonyl (C=O) groups is 1. The first-order chi connectivity index (χ1) is 8.08. The Bertz CT molecular complexity index is 529. The molecule has 0 spiro atoms. The standard InChI is InChI=1S/C11H6Br3NO2/c12-6-4-7(13)10(8(14)5-6)15-11(16)9-2-1-3-17-9/h1-5H,(H,15,16). The maximum absolute atomic E-state index is 11.8. The van der Waals surface area contributed by atoms with E-state index in [-0.39, 0.29) is 11.7 Å². The number of nitrogens with one attached hydrogen (secondary N) is 1. The summed E-state index contributed by atoms with van der Waals surface area (Å²) >= 11 is 10.1. The number of hydrogen-bond acceptors (Lipinski definition) is 2. The first-order valence-corrected chi connectivity index (χ1v) is 6.95. The zero-order valence-corrected chi connectivity index (χ0v) is 13.1. The van der Waals surface area contributed by atoms with Crippen molar-refractivity contribution in [3.8, 4) is 0 Å². The smallest absolute Gasteiger partial charge is 0.291 e. The van der Waals surface area contributed by atoms with E-state index in [0.29, 0.717) is 5.69 Å². The maximum Gasteiger partial charge on any atom is 0.291 e. The van der Waals surface area contributed by atoms with Gasteiger partial charge in [0.05, 0.1) is 12.0 Å². The number of carbonyl (C=O) groups excluding carboxylic acids is 1. The largest absolute Gasteiger partial charge is 0.459 e. The number of halogens is 3. The molecule has 1 amide bonds. The number of hydrogen-bond donors (Lipinski definition) is 1. The summed E-state index contributed by atoms with van der Waals surface area (Å²) in [6.45, 7) is 0. The third kappa shape index (κ3) is 3.00. The van der Waals surface area contributed by atoms with E-state index in [1.54, 1.807) is 12.1 Å². The molecule has 6 heteroatoms. The van der Waals surface area contributed by atoms with E-state index in [0.717, 1.165) is 13.4 Å². The molecule has 0 atom stereocenters. The van der Waals surface area contributed by atoms with Crippen LogP contribution in [0.5, 0.6) is 0 Å². The van der Waals surface area contributed by atoms with Crippen LogP contribution in [0.4, 0.5) is 5.69 Å². The van der Waals surface area contributed by atoms with Crippen LogP contribution in [0.1, 0.15) is 10.6 Å². The third-order valence-electron chi connectivity index (χ3n) is 1.99. The third-order valence-corrected chi connectivity index (χ3v) is 3.70. The lowest BCUT2D eigenvalue weighted by Crippen LogP contribution is -2.11. The predicted molar refractivity (Wildman–Crippen MR) is 76.2 cm³/mol. The van der Waals surface area contributed by atoms with Crippen molar-refractivity contribution in [3.05, 3.63) is 49.7 Å². The summed E-state index contributed by atoms with van der Waals surface area (Å²) in [5, 5.41) is 2.76. The normalized spacial score (nSPS) is 10.3. The number of benzene rings is 1. The average molecular weight is 424 g/mol. The average Bonchev–Trinajstić information content (AvgIpc) is 2.76. The summed E-state index contributed by atoms with van der Waals surface area (Å²) < 4.78 is 7.48. The van der Waals surface area contributed by atoms with Gasteiger partial charge in [-0.3, -0.25) is 4.79 Å². The van der Waals surface area contributed by atoms with Crippen LogP contribution >= 0.6 is 47.8 Å². The highest BCUT2D eigenvalue weighted by molar-refractivity contribution is 9.11. The van der Waals surface area contributed by atoms with Crippen molar-refractivity contribution in [1.82, 2.24) is 0 Å². The van der Waals surface area contributed by atoms with Gasteiger partial charge in [0.2, 0.25) is 0 Å². The molecule has 3 nitrogen and oxygen atoms in total. The van der Waals surface area contributed by atoms with Crippen LogP contribution in [-0.4, -0.2) is 5.91 Å². The molecule has 0 aliphatic rings. The van der Waals surface area contributed by atoms with Gasteiger partial charge in [-0.05, 0) is 56.1 Å². The van der Waals surface area contributed by atoms with Gasteiger partial charge in [0, 0.05) is 13.4 Å². The molecule has 2 rings (SSSR count). The SMILES string of the molecule is O=C(Nc1c(Br)cc(Br)cc1Br)c1ccco1. The summed E-state index contributed by atoms with van der Waals surface area (Å²) in [6, 6.07) is 6.97. The molecule has 17 heavy (non-hydrogen) atoms. The molecule has 1 heterocycles. The molecule has 0 aliphatic carbocycles. The van der Waals surface area contributed by atoms with Crippen molar-refractivity contribution >= 4 is 59.4 Å². The Morgan fingerprint density at radius 2 is 1.82 bits per heavy atom. The van der Waals surface area contributed by atoms with E-state index in [4.69, 9.17) is 4.42 Å². The Morgan fingerprint density at radius 3 is 2.35 bits per heavy atom. The number of anilines is 1. The topological polar surface area (TPSA) is 42.2 Å². The minimum Gasteiger partial charge on any atom is -0.459 e. The highest BCUT2D eigenvalue weighted by Gasteiger charge is 2.13. The van der Waals surface area contributed by atoms with Crippen molar-refractivity contribution in [2.24, 2.45) is 0 Å². The quantitative estimate of drug-likeness (QED) is 0.752. The first kappa shape index (κ1) is 12.9. The second-order valence-corrected chi connectivity index (χ2v) is 5.80. The number of rotatable bonds is 2. The zero-order chi connectivity index (χ0) is 12.4. The lowest BCUT2D eigenvalue weighted by Gasteiger charge is -2.09. The Morgan fingerprint density at radius 1 is 1.18 bits per heavy atom. The van der Waals surface area contributed by atoms with Crippen LogP contribution in [-0.2, 0) is 0 Å². The molecule has 1 aromatic heterocycles. The predicted octanol–water partition coefficient (Wildman–Crippen LogP) is 4.82. The second-order valence-electron chi connectivity index (χ2n) is 3.18. The Balaban J connectivity index is 2.28. The van der Waals surface area contributed by atoms with Crippen LogP contribution in [0.2, 0.25) is 0 Å². The molecule has 1 aromatic carbocycles. The first-order valence-electron chi connectivity index (χ1n) is 4.57. The molecule has 88 valence electrons. The van der Waals surface area contributed by atoms with Gasteiger partial charge in [0.15, 0.2) is 5.76 Å². The van der Waals surface area contributed by atoms with Crippen molar-refractivity contribution in [2.45, 2.75) is 0 Å². The van der Waals surface area contributed by atoms with Crippen molar-refractivity contribution in [3.63, 3.8) is 0 Å². The minimum absolute atomic E-state index is 0.270. The highest BCUT2D eigenvalue weighted by atomic mass is 79.9. The van der Waals surface area contributed by atoms with E-state index in [1.165, 1.54) is 6.26 Å². The summed E-state index contributed by atoms with van der Waals surface area (Å²) in [6.07, 6.45) is 1.46. The van der Waals surface area contributed by atoms with Gasteiger partial charge < -0.3 is 9.73 Å². The fourth-order valence-corrected chi connectivity index (χ4v) is 3.70. The van der Waals surface area contributed by atoms with Gasteiger partial charge in [0.25, 0.3) is 5.91 Å². The zero-order valence-electron chi connectivity index (χ0n) is 8.34. The molecule has 2 aromatic rings. The summed E-state index contributed by atoms with van der Waals surface area (Å²) in [5.41, 5.74) is 0.662. The molecule has 0 radical (unpaired) electrons. The van der Waals surface area contributed by atoms with Crippen LogP contribution < -0.4 is 5.32 Å². The molecule has 0 saturated carbocycles. The van der Waals surface area contributed by atoms with Crippen LogP contribution in [0.3, 0.4) is 0 Å².